The number of fused-ring (bicyclic) bond motifs is 2. The number of nitrogens with zero attached hydrogens (tertiary/aromatic N) is 1. The second-order valence-electron chi connectivity index (χ2n) is 6.07. The zero-order chi connectivity index (χ0) is 18.5. The van der Waals surface area contributed by atoms with Crippen LogP contribution in [0.5, 0.6) is 0 Å². The highest BCUT2D eigenvalue weighted by Crippen LogP contribution is 2.32. The summed E-state index contributed by atoms with van der Waals surface area (Å²) in [7, 11) is -3.94. The quantitative estimate of drug-likeness (QED) is 0.708. The van der Waals surface area contributed by atoms with E-state index in [2.05, 4.69) is 9.97 Å². The molecule has 0 bridgehead atoms. The summed E-state index contributed by atoms with van der Waals surface area (Å²) in [5, 5.41) is 0.0713. The van der Waals surface area contributed by atoms with Crippen LogP contribution in [0.1, 0.15) is 12.0 Å². The molecule has 2 heterocycles. The van der Waals surface area contributed by atoms with E-state index < -0.39 is 27.1 Å². The molecule has 0 radical (unpaired) electrons. The SMILES string of the molecule is O=c1[nH]c(=O)c2cc(S(=O)(=O)N3CCCc4cc(F)ccc43)ccc2[nH]1. The van der Waals surface area contributed by atoms with Crippen molar-refractivity contribution in [3.8, 4) is 0 Å². The zero-order valence-electron chi connectivity index (χ0n) is 13.5. The van der Waals surface area contributed by atoms with E-state index >= 15 is 0 Å². The maximum absolute atomic E-state index is 13.5. The van der Waals surface area contributed by atoms with Crippen LogP contribution >= 0.6 is 0 Å². The average molecular weight is 375 g/mol. The van der Waals surface area contributed by atoms with Gasteiger partial charge >= 0.3 is 5.69 Å². The summed E-state index contributed by atoms with van der Waals surface area (Å²) >= 11 is 0. The summed E-state index contributed by atoms with van der Waals surface area (Å²) in [4.78, 5) is 27.8. The number of anilines is 1. The molecule has 134 valence electrons. The molecule has 7 nitrogen and oxygen atoms in total. The van der Waals surface area contributed by atoms with Crippen LogP contribution in [0.15, 0.2) is 50.9 Å². The minimum Gasteiger partial charge on any atom is -0.307 e. The fraction of sp³-hybridized carbons (Fsp3) is 0.176. The molecule has 0 amide bonds. The van der Waals surface area contributed by atoms with Gasteiger partial charge in [-0.2, -0.15) is 0 Å². The van der Waals surface area contributed by atoms with E-state index in [-0.39, 0.29) is 22.3 Å². The Hall–Kier alpha value is -2.94. The number of benzene rings is 2. The van der Waals surface area contributed by atoms with Crippen LogP contribution in [0.3, 0.4) is 0 Å². The highest BCUT2D eigenvalue weighted by atomic mass is 32.2. The van der Waals surface area contributed by atoms with Crippen molar-refractivity contribution in [2.24, 2.45) is 0 Å². The zero-order valence-corrected chi connectivity index (χ0v) is 14.3. The smallest absolute Gasteiger partial charge is 0.307 e. The van der Waals surface area contributed by atoms with Crippen LogP contribution < -0.4 is 15.6 Å². The molecule has 0 saturated heterocycles. The molecule has 0 spiro atoms. The molecule has 2 N–H and O–H groups in total. The topological polar surface area (TPSA) is 103 Å². The van der Waals surface area contributed by atoms with Gasteiger partial charge in [0.25, 0.3) is 15.6 Å². The predicted octanol–water partition coefficient (Wildman–Crippen LogP) is 1.50. The van der Waals surface area contributed by atoms with Gasteiger partial charge in [0.05, 0.1) is 21.5 Å². The van der Waals surface area contributed by atoms with Gasteiger partial charge in [-0.25, -0.2) is 17.6 Å². The largest absolute Gasteiger partial charge is 0.326 e. The van der Waals surface area contributed by atoms with Crippen molar-refractivity contribution in [3.05, 3.63) is 68.6 Å². The van der Waals surface area contributed by atoms with Crippen molar-refractivity contribution in [1.29, 1.82) is 0 Å². The molecule has 4 rings (SSSR count). The van der Waals surface area contributed by atoms with Gasteiger partial charge in [0.2, 0.25) is 0 Å². The van der Waals surface area contributed by atoms with Gasteiger partial charge in [0, 0.05) is 6.54 Å². The Kier molecular flexibility index (Phi) is 3.69. The van der Waals surface area contributed by atoms with E-state index in [4.69, 9.17) is 0 Å². The van der Waals surface area contributed by atoms with Crippen molar-refractivity contribution in [1.82, 2.24) is 9.97 Å². The summed E-state index contributed by atoms with van der Waals surface area (Å²) < 4.78 is 40.9. The lowest BCUT2D eigenvalue weighted by atomic mass is 10.0. The van der Waals surface area contributed by atoms with Crippen molar-refractivity contribution < 1.29 is 12.8 Å². The highest BCUT2D eigenvalue weighted by Gasteiger charge is 2.29. The van der Waals surface area contributed by atoms with E-state index in [1.165, 1.54) is 40.7 Å². The average Bonchev–Trinajstić information content (AvgIpc) is 2.60. The number of hydrogen-bond acceptors (Lipinski definition) is 4. The molecule has 2 aromatic carbocycles. The molecule has 9 heteroatoms. The summed E-state index contributed by atoms with van der Waals surface area (Å²) in [5.41, 5.74) is -0.0123. The lowest BCUT2D eigenvalue weighted by molar-refractivity contribution is 0.585. The predicted molar refractivity (Wildman–Crippen MR) is 94.4 cm³/mol. The lowest BCUT2D eigenvalue weighted by Crippen LogP contribution is -2.35. The molecule has 0 aliphatic carbocycles. The van der Waals surface area contributed by atoms with Gasteiger partial charge in [-0.15, -0.1) is 0 Å². The van der Waals surface area contributed by atoms with Gasteiger partial charge in [0.1, 0.15) is 5.82 Å². The molecular formula is C17H14FN3O4S. The number of H-pyrrole nitrogens is 2. The normalized spacial score (nSPS) is 14.4. The first-order valence-electron chi connectivity index (χ1n) is 7.94. The summed E-state index contributed by atoms with van der Waals surface area (Å²) in [6.07, 6.45) is 1.16. The molecule has 1 aromatic heterocycles. The lowest BCUT2D eigenvalue weighted by Gasteiger charge is -2.30. The standard InChI is InChI=1S/C17H14FN3O4S/c18-11-3-6-15-10(8-11)2-1-7-21(15)26(24,25)12-4-5-14-13(9-12)16(22)20-17(23)19-14/h3-6,8-9H,1-2,7H2,(H2,19,20,22,23). The van der Waals surface area contributed by atoms with Crippen LogP contribution in [0.25, 0.3) is 10.9 Å². The molecule has 26 heavy (non-hydrogen) atoms. The van der Waals surface area contributed by atoms with Crippen LogP contribution in [0.2, 0.25) is 0 Å². The Morgan fingerprint density at radius 3 is 2.65 bits per heavy atom. The summed E-state index contributed by atoms with van der Waals surface area (Å²) in [5.74, 6) is -0.413. The first kappa shape index (κ1) is 16.5. The summed E-state index contributed by atoms with van der Waals surface area (Å²) in [6.45, 7) is 0.265. The highest BCUT2D eigenvalue weighted by molar-refractivity contribution is 7.92. The van der Waals surface area contributed by atoms with Gasteiger partial charge in [0.15, 0.2) is 0 Å². The second kappa shape index (κ2) is 5.80. The van der Waals surface area contributed by atoms with Crippen molar-refractivity contribution in [2.45, 2.75) is 17.7 Å². The fourth-order valence-electron chi connectivity index (χ4n) is 3.21. The van der Waals surface area contributed by atoms with E-state index in [1.807, 2.05) is 0 Å². The second-order valence-corrected chi connectivity index (χ2v) is 7.93. The first-order chi connectivity index (χ1) is 12.4. The van der Waals surface area contributed by atoms with E-state index in [0.717, 1.165) is 0 Å². The maximum Gasteiger partial charge on any atom is 0.326 e. The fourth-order valence-corrected chi connectivity index (χ4v) is 4.78. The van der Waals surface area contributed by atoms with Crippen molar-refractivity contribution in [2.75, 3.05) is 10.8 Å². The number of aromatic amines is 2. The Bertz CT molecular complexity index is 1250. The number of aromatic nitrogens is 2. The van der Waals surface area contributed by atoms with Gasteiger partial charge in [-0.05, 0) is 54.8 Å². The third kappa shape index (κ3) is 2.60. The van der Waals surface area contributed by atoms with Crippen LogP contribution in [-0.2, 0) is 16.4 Å². The number of halogens is 1. The van der Waals surface area contributed by atoms with Crippen LogP contribution in [0.4, 0.5) is 10.1 Å². The minimum absolute atomic E-state index is 0.0697. The van der Waals surface area contributed by atoms with Crippen LogP contribution in [0, 0.1) is 5.82 Å². The Labute approximate surface area is 147 Å². The molecule has 1 aliphatic rings. The third-order valence-electron chi connectivity index (χ3n) is 4.42. The molecule has 0 saturated carbocycles. The Balaban J connectivity index is 1.87. The Morgan fingerprint density at radius 2 is 1.85 bits per heavy atom. The van der Waals surface area contributed by atoms with Gasteiger partial charge in [-0.3, -0.25) is 14.1 Å². The minimum atomic E-state index is -3.94. The van der Waals surface area contributed by atoms with Crippen LogP contribution in [-0.4, -0.2) is 24.9 Å². The molecule has 0 unspecified atom stereocenters. The number of nitrogens with one attached hydrogen (secondary N) is 2. The monoisotopic (exact) mass is 375 g/mol. The van der Waals surface area contributed by atoms with Gasteiger partial charge in [-0.1, -0.05) is 0 Å². The number of hydrogen-bond donors (Lipinski definition) is 2. The molecule has 3 aromatic rings. The van der Waals surface area contributed by atoms with Crippen molar-refractivity contribution >= 4 is 26.6 Å². The summed E-state index contributed by atoms with van der Waals surface area (Å²) in [6, 6.07) is 7.97. The number of rotatable bonds is 2. The molecular weight excluding hydrogens is 361 g/mol. The molecule has 0 atom stereocenters. The molecule has 0 fully saturated rings. The van der Waals surface area contributed by atoms with E-state index in [1.54, 1.807) is 0 Å². The van der Waals surface area contributed by atoms with Gasteiger partial charge < -0.3 is 4.98 Å². The number of aryl methyl sites for hydroxylation is 1. The maximum atomic E-state index is 13.5. The number of sulfonamides is 1. The van der Waals surface area contributed by atoms with E-state index in [9.17, 15) is 22.4 Å². The molecule has 1 aliphatic heterocycles. The van der Waals surface area contributed by atoms with E-state index in [0.29, 0.717) is 24.1 Å². The first-order valence-corrected chi connectivity index (χ1v) is 9.38. The van der Waals surface area contributed by atoms with Crippen molar-refractivity contribution in [3.63, 3.8) is 0 Å². The third-order valence-corrected chi connectivity index (χ3v) is 6.23. The Morgan fingerprint density at radius 1 is 1.04 bits per heavy atom.